The van der Waals surface area contributed by atoms with E-state index in [0.717, 1.165) is 157 Å². The van der Waals surface area contributed by atoms with E-state index >= 15 is 0 Å². The molecule has 8 saturated carbocycles. The van der Waals surface area contributed by atoms with E-state index in [0.29, 0.717) is 35.5 Å². The molecule has 0 aromatic heterocycles. The molecule has 2 aromatic rings. The number of rotatable bonds is 20. The first kappa shape index (κ1) is 84.2. The number of aliphatic hydroxyl groups is 1. The van der Waals surface area contributed by atoms with Crippen LogP contribution in [0.2, 0.25) is 0 Å². The molecule has 0 amide bonds. The maximum Gasteiger partial charge on any atom is 0.312 e. The van der Waals surface area contributed by atoms with Gasteiger partial charge in [0.05, 0.1) is 33.2 Å². The Morgan fingerprint density at radius 1 is 0.490 bits per heavy atom. The first-order valence-corrected chi connectivity index (χ1v) is 41.0. The molecule has 1 N–H and O–H groups in total. The summed E-state index contributed by atoms with van der Waals surface area (Å²) in [4.78, 5) is 62.9. The second-order valence-electron chi connectivity index (χ2n) is 36.3. The van der Waals surface area contributed by atoms with Crippen molar-refractivity contribution in [3.8, 4) is 0 Å². The van der Waals surface area contributed by atoms with Crippen LogP contribution in [0.4, 0.5) is 0 Å². The van der Waals surface area contributed by atoms with Crippen LogP contribution in [-0.2, 0) is 58.9 Å². The molecule has 0 saturated heterocycles. The van der Waals surface area contributed by atoms with E-state index in [2.05, 4.69) is 69.5 Å². The normalized spacial score (nSPS) is 29.3. The zero-order chi connectivity index (χ0) is 75.3. The Morgan fingerprint density at radius 2 is 0.961 bits per heavy atom. The lowest BCUT2D eigenvalue weighted by molar-refractivity contribution is -0.177. The van der Waals surface area contributed by atoms with E-state index in [1.807, 2.05) is 135 Å². The molecular weight excluding hydrogens is 1270 g/mol. The van der Waals surface area contributed by atoms with E-state index in [9.17, 15) is 29.1 Å². The second-order valence-corrected chi connectivity index (χ2v) is 36.3. The SMILES string of the molecule is C=C(C)C1(OC(=O)C(C)(C)CC)CC(C)C2CCCC21.C=CC1(OC(=O)C(C)(C)CC)CCC2CCCC21.CCC(C)(C)C(=O)OC1(C2=CCCCC2)CCC2C(O)CCC21.CCC(C)(C)C(=O)OC1(c2ccc(C)cc2)CCCCC1.CCC(C)(C)C(=O)OC1(c2ccccc2)CCCCC1. The van der Waals surface area contributed by atoms with Gasteiger partial charge in [0.25, 0.3) is 0 Å². The van der Waals surface area contributed by atoms with E-state index < -0.39 is 44.1 Å². The summed E-state index contributed by atoms with van der Waals surface area (Å²) in [5, 5.41) is 10.3. The summed E-state index contributed by atoms with van der Waals surface area (Å²) < 4.78 is 30.7. The third kappa shape index (κ3) is 19.0. The number of carbonyl (C=O) groups excluding carboxylic acids is 5. The number of aliphatic hydroxyl groups excluding tert-OH is 1. The molecule has 11 rings (SSSR count). The molecule has 8 fully saturated rings. The summed E-state index contributed by atoms with van der Waals surface area (Å²) in [6, 6.07) is 18.8. The van der Waals surface area contributed by atoms with Crippen molar-refractivity contribution in [1.82, 2.24) is 0 Å². The van der Waals surface area contributed by atoms with Crippen molar-refractivity contribution in [3.05, 3.63) is 108 Å². The van der Waals surface area contributed by atoms with Gasteiger partial charge < -0.3 is 28.8 Å². The molecule has 0 bridgehead atoms. The Labute approximate surface area is 619 Å². The lowest BCUT2D eigenvalue weighted by Gasteiger charge is -2.40. The number of hydrogen-bond acceptors (Lipinski definition) is 11. The molecule has 0 radical (unpaired) electrons. The highest BCUT2D eigenvalue weighted by molar-refractivity contribution is 5.79. The number of fused-ring (bicyclic) bond motifs is 3. The Bertz CT molecular complexity index is 3130. The van der Waals surface area contributed by atoms with Crippen molar-refractivity contribution >= 4 is 29.8 Å². The quantitative estimate of drug-likeness (QED) is 0.0766. The summed E-state index contributed by atoms with van der Waals surface area (Å²) in [6.45, 7) is 44.5. The highest BCUT2D eigenvalue weighted by Crippen LogP contribution is 2.59. The number of aryl methyl sites for hydroxylation is 1. The van der Waals surface area contributed by atoms with E-state index in [1.54, 1.807) is 0 Å². The number of ether oxygens (including phenoxy) is 5. The van der Waals surface area contributed by atoms with Crippen LogP contribution in [0.25, 0.3) is 0 Å². The summed E-state index contributed by atoms with van der Waals surface area (Å²) in [7, 11) is 0. The number of carbonyl (C=O) groups is 5. The summed E-state index contributed by atoms with van der Waals surface area (Å²) in [5.41, 5.74) is 1.92. The fourth-order valence-electron chi connectivity index (χ4n) is 18.2. The van der Waals surface area contributed by atoms with E-state index in [1.165, 1.54) is 81.8 Å². The van der Waals surface area contributed by atoms with Gasteiger partial charge in [0, 0.05) is 17.8 Å². The van der Waals surface area contributed by atoms with Crippen molar-refractivity contribution in [1.29, 1.82) is 0 Å². The monoisotopic (exact) mass is 1410 g/mol. The van der Waals surface area contributed by atoms with E-state index in [4.69, 9.17) is 23.7 Å². The average Bonchev–Trinajstić information content (AvgIpc) is 1.57. The van der Waals surface area contributed by atoms with Crippen LogP contribution < -0.4 is 0 Å². The van der Waals surface area contributed by atoms with Gasteiger partial charge in [-0.3, -0.25) is 24.0 Å². The Hall–Kier alpha value is -5.03. The van der Waals surface area contributed by atoms with Crippen LogP contribution in [0.5, 0.6) is 0 Å². The molecule has 102 heavy (non-hydrogen) atoms. The molecule has 11 heteroatoms. The minimum absolute atomic E-state index is 0.0530. The minimum atomic E-state index is -0.433. The Balaban J connectivity index is 0.000000179. The van der Waals surface area contributed by atoms with Crippen molar-refractivity contribution < 1.29 is 52.8 Å². The fraction of sp³-hybridized carbons (Fsp3) is 0.747. The van der Waals surface area contributed by atoms with Gasteiger partial charge in [-0.2, -0.15) is 0 Å². The predicted octanol–water partition coefficient (Wildman–Crippen LogP) is 23.2. The molecular formula is C91H142O11. The maximum absolute atomic E-state index is 12.9. The van der Waals surface area contributed by atoms with Crippen molar-refractivity contribution in [2.24, 2.45) is 68.5 Å². The lowest BCUT2D eigenvalue weighted by Crippen LogP contribution is -2.45. The van der Waals surface area contributed by atoms with Crippen LogP contribution >= 0.6 is 0 Å². The maximum atomic E-state index is 12.9. The number of hydrogen-bond donors (Lipinski definition) is 1. The molecule has 11 nitrogen and oxygen atoms in total. The Morgan fingerprint density at radius 3 is 1.44 bits per heavy atom. The number of esters is 5. The average molecular weight is 1410 g/mol. The smallest absolute Gasteiger partial charge is 0.312 e. The van der Waals surface area contributed by atoms with Gasteiger partial charge in [-0.15, -0.1) is 0 Å². The molecule has 9 aliphatic carbocycles. The first-order chi connectivity index (χ1) is 48.0. The van der Waals surface area contributed by atoms with Gasteiger partial charge >= 0.3 is 29.8 Å². The molecule has 0 aliphatic heterocycles. The highest BCUT2D eigenvalue weighted by atomic mass is 16.6. The van der Waals surface area contributed by atoms with E-state index in [-0.39, 0.29) is 47.0 Å². The molecule has 0 heterocycles. The zero-order valence-electron chi connectivity index (χ0n) is 67.5. The molecule has 0 spiro atoms. The predicted molar refractivity (Wildman–Crippen MR) is 414 cm³/mol. The van der Waals surface area contributed by atoms with Gasteiger partial charge in [0.2, 0.25) is 0 Å². The number of allylic oxidation sites excluding steroid dienone is 1. The van der Waals surface area contributed by atoms with Crippen molar-refractivity contribution in [2.75, 3.05) is 0 Å². The molecule has 11 unspecified atom stereocenters. The lowest BCUT2D eigenvalue weighted by atomic mass is 9.76. The topological polar surface area (TPSA) is 152 Å². The highest BCUT2D eigenvalue weighted by Gasteiger charge is 2.60. The Kier molecular flexibility index (Phi) is 29.0. The van der Waals surface area contributed by atoms with Gasteiger partial charge in [-0.05, 0) is 308 Å². The molecule has 9 aliphatic rings. The standard InChI is InChI=1S/C20H32O3.C19H28O2.C18H30O2.C18H26O2.C16H26O2/c1-4-19(2,3)18(22)23-20(14-8-6-5-7-9-14)13-12-15-16(20)10-11-17(15)21;1-5-18(3,4)17(20)21-19(13-7-6-8-14-19)16-11-9-15(2)10-12-16;1-7-17(5,6)16(19)20-18(12(2)3)11-13(4)14-9-8-10-15(14)18;1-4-17(2,3)16(19)20-18(13-9-6-10-14-18)15-11-7-5-8-12-15;1-5-15(3,4)14(17)18-16(6-2)11-10-12-8-7-9-13(12)16/h8,15-17,21H,4-7,9-13H2,1-3H3;9-12H,5-8,13-14H2,1-4H3;13-15H,2,7-11H2,1,3-6H3;5,7-8,11-12H,4,6,9-10,13-14H2,1-3H3;6,12-13H,2,5,7-11H2,1,3-4H3. The summed E-state index contributed by atoms with van der Waals surface area (Å²) >= 11 is 0. The van der Waals surface area contributed by atoms with Gasteiger partial charge in [-0.1, -0.05) is 153 Å². The van der Waals surface area contributed by atoms with Crippen LogP contribution in [-0.4, -0.2) is 57.9 Å². The third-order valence-electron chi connectivity index (χ3n) is 27.6. The first-order valence-electron chi connectivity index (χ1n) is 41.0. The summed E-state index contributed by atoms with van der Waals surface area (Å²) in [5.74, 6) is 3.44. The van der Waals surface area contributed by atoms with Crippen LogP contribution in [0.15, 0.2) is 91.1 Å². The minimum Gasteiger partial charge on any atom is -0.454 e. The summed E-state index contributed by atoms with van der Waals surface area (Å²) in [6.07, 6.45) is 37.8. The zero-order valence-corrected chi connectivity index (χ0v) is 67.5. The van der Waals surface area contributed by atoms with Crippen molar-refractivity contribution in [3.63, 3.8) is 0 Å². The van der Waals surface area contributed by atoms with Crippen LogP contribution in [0.3, 0.4) is 0 Å². The third-order valence-corrected chi connectivity index (χ3v) is 27.6. The molecule has 2 aromatic carbocycles. The van der Waals surface area contributed by atoms with Gasteiger partial charge in [0.15, 0.2) is 0 Å². The largest absolute Gasteiger partial charge is 0.454 e. The van der Waals surface area contributed by atoms with Crippen molar-refractivity contribution in [2.45, 2.75) is 364 Å². The fourth-order valence-corrected chi connectivity index (χ4v) is 18.2. The molecule has 572 valence electrons. The van der Waals surface area contributed by atoms with Crippen LogP contribution in [0, 0.1) is 75.4 Å². The van der Waals surface area contributed by atoms with Crippen LogP contribution in [0.1, 0.15) is 340 Å². The van der Waals surface area contributed by atoms with Gasteiger partial charge in [0.1, 0.15) is 28.0 Å². The molecule has 11 atom stereocenters. The second kappa shape index (κ2) is 35.1. The number of benzene rings is 2. The van der Waals surface area contributed by atoms with Gasteiger partial charge in [-0.25, -0.2) is 0 Å².